The van der Waals surface area contributed by atoms with Crippen molar-refractivity contribution in [3.63, 3.8) is 0 Å². The first kappa shape index (κ1) is 42.4. The van der Waals surface area contributed by atoms with E-state index in [0.29, 0.717) is 26.2 Å². The minimum Gasteiger partial charge on any atom is -0.459 e. The lowest BCUT2D eigenvalue weighted by Gasteiger charge is -2.20. The number of ether oxygens (including phenoxy) is 3. The van der Waals surface area contributed by atoms with Crippen LogP contribution in [0.5, 0.6) is 0 Å². The van der Waals surface area contributed by atoms with Gasteiger partial charge >= 0.3 is 5.97 Å². The Morgan fingerprint density at radius 2 is 1.17 bits per heavy atom. The number of pyridine rings is 1. The van der Waals surface area contributed by atoms with Crippen molar-refractivity contribution in [1.82, 2.24) is 20.9 Å². The number of carbonyl (C=O) groups is 5. The Bertz CT molecular complexity index is 1100. The van der Waals surface area contributed by atoms with Crippen molar-refractivity contribution < 1.29 is 38.2 Å². The maximum absolute atomic E-state index is 12.7. The number of rotatable bonds is 27. The highest BCUT2D eigenvalue weighted by Gasteiger charge is 2.24. The van der Waals surface area contributed by atoms with Gasteiger partial charge < -0.3 is 35.5 Å². The molecular formula is C35H59N5O8. The van der Waals surface area contributed by atoms with Crippen LogP contribution < -0.4 is 21.3 Å². The molecule has 0 spiro atoms. The van der Waals surface area contributed by atoms with E-state index < -0.39 is 41.8 Å². The average Bonchev–Trinajstić information content (AvgIpc) is 3.06. The number of hydrogen-bond donors (Lipinski definition) is 4. The van der Waals surface area contributed by atoms with E-state index >= 15 is 0 Å². The number of anilines is 1. The average molecular weight is 678 g/mol. The van der Waals surface area contributed by atoms with Crippen molar-refractivity contribution in [3.05, 3.63) is 23.9 Å². The lowest BCUT2D eigenvalue weighted by molar-refractivity contribution is -0.132. The highest BCUT2D eigenvalue weighted by atomic mass is 16.6. The summed E-state index contributed by atoms with van der Waals surface area (Å²) in [4.78, 5) is 66.7. The highest BCUT2D eigenvalue weighted by molar-refractivity contribution is 5.98. The van der Waals surface area contributed by atoms with Crippen LogP contribution in [-0.4, -0.2) is 85.7 Å². The Morgan fingerprint density at radius 1 is 0.646 bits per heavy atom. The first-order valence-corrected chi connectivity index (χ1v) is 17.6. The molecule has 0 aromatic carbocycles. The zero-order chi connectivity index (χ0) is 35.6. The van der Waals surface area contributed by atoms with E-state index in [2.05, 4.69) is 33.2 Å². The van der Waals surface area contributed by atoms with Crippen molar-refractivity contribution in [2.45, 2.75) is 130 Å². The summed E-state index contributed by atoms with van der Waals surface area (Å²) in [6.07, 6.45) is 13.4. The van der Waals surface area contributed by atoms with Crippen LogP contribution in [0.1, 0.15) is 122 Å². The largest absolute Gasteiger partial charge is 0.459 e. The minimum absolute atomic E-state index is 0.00449. The van der Waals surface area contributed by atoms with Crippen LogP contribution in [0.15, 0.2) is 18.2 Å². The summed E-state index contributed by atoms with van der Waals surface area (Å²) in [5.74, 6) is -2.45. The van der Waals surface area contributed by atoms with E-state index in [1.54, 1.807) is 6.92 Å². The SMILES string of the molecule is CCCCCCCCCCCCCC(=O)N[C@@H](C)C(=O)N[C@H](C)C(=O)N[C@@H](C)C(=O)Nc1cccc(C(=O)OCCOCCOCC)n1. The molecule has 13 nitrogen and oxygen atoms in total. The zero-order valence-corrected chi connectivity index (χ0v) is 29.7. The molecule has 0 saturated heterocycles. The first-order valence-electron chi connectivity index (χ1n) is 17.6. The molecular weight excluding hydrogens is 618 g/mol. The Labute approximate surface area is 286 Å². The molecule has 1 heterocycles. The third-order valence-corrected chi connectivity index (χ3v) is 7.53. The zero-order valence-electron chi connectivity index (χ0n) is 29.7. The number of esters is 1. The highest BCUT2D eigenvalue weighted by Crippen LogP contribution is 2.12. The molecule has 0 saturated carbocycles. The van der Waals surface area contributed by atoms with Crippen LogP contribution in [0, 0.1) is 0 Å². The van der Waals surface area contributed by atoms with Gasteiger partial charge in [0.1, 0.15) is 30.6 Å². The van der Waals surface area contributed by atoms with E-state index in [0.717, 1.165) is 19.3 Å². The molecule has 1 rings (SSSR count). The van der Waals surface area contributed by atoms with Gasteiger partial charge in [-0.15, -0.1) is 0 Å². The summed E-state index contributed by atoms with van der Waals surface area (Å²) in [5.41, 5.74) is -0.00449. The number of nitrogens with one attached hydrogen (secondary N) is 4. The molecule has 0 unspecified atom stereocenters. The number of hydrogen-bond acceptors (Lipinski definition) is 9. The smallest absolute Gasteiger partial charge is 0.357 e. The van der Waals surface area contributed by atoms with Crippen LogP contribution in [-0.2, 0) is 33.4 Å². The molecule has 13 heteroatoms. The number of unbranched alkanes of at least 4 members (excludes halogenated alkanes) is 10. The number of carbonyl (C=O) groups excluding carboxylic acids is 5. The van der Waals surface area contributed by atoms with Gasteiger partial charge in [-0.25, -0.2) is 9.78 Å². The molecule has 0 fully saturated rings. The van der Waals surface area contributed by atoms with Crippen molar-refractivity contribution in [2.75, 3.05) is 38.4 Å². The Hall–Kier alpha value is -3.58. The molecule has 0 bridgehead atoms. The van der Waals surface area contributed by atoms with Gasteiger partial charge in [0.15, 0.2) is 5.69 Å². The van der Waals surface area contributed by atoms with Gasteiger partial charge in [-0.1, -0.05) is 77.2 Å². The molecule has 0 aliphatic rings. The van der Waals surface area contributed by atoms with E-state index in [4.69, 9.17) is 14.2 Å². The molecule has 4 N–H and O–H groups in total. The number of amides is 4. The summed E-state index contributed by atoms with van der Waals surface area (Å²) >= 11 is 0. The van der Waals surface area contributed by atoms with Crippen LogP contribution >= 0.6 is 0 Å². The number of nitrogens with zero attached hydrogens (tertiary/aromatic N) is 1. The summed E-state index contributed by atoms with van der Waals surface area (Å²) < 4.78 is 15.6. The van der Waals surface area contributed by atoms with Crippen LogP contribution in [0.4, 0.5) is 5.82 Å². The molecule has 48 heavy (non-hydrogen) atoms. The van der Waals surface area contributed by atoms with E-state index in [9.17, 15) is 24.0 Å². The lowest BCUT2D eigenvalue weighted by Crippen LogP contribution is -2.54. The van der Waals surface area contributed by atoms with E-state index in [-0.39, 0.29) is 30.6 Å². The molecule has 0 aliphatic carbocycles. The van der Waals surface area contributed by atoms with Crippen LogP contribution in [0.3, 0.4) is 0 Å². The van der Waals surface area contributed by atoms with Crippen molar-refractivity contribution >= 4 is 35.4 Å². The fourth-order valence-electron chi connectivity index (χ4n) is 4.62. The van der Waals surface area contributed by atoms with Gasteiger partial charge in [0.2, 0.25) is 23.6 Å². The van der Waals surface area contributed by atoms with Gasteiger partial charge in [0.25, 0.3) is 0 Å². The summed E-state index contributed by atoms with van der Waals surface area (Å²) in [6, 6.07) is 1.72. The van der Waals surface area contributed by atoms with Gasteiger partial charge in [0, 0.05) is 13.0 Å². The molecule has 1 aromatic heterocycles. The standard InChI is InChI=1S/C35H59N5O8/c1-6-8-9-10-11-12-13-14-15-16-17-21-31(41)36-26(3)32(42)37-27(4)33(43)38-28(5)34(44)40-30-20-18-19-29(39-30)35(45)48-25-24-47-23-22-46-7-2/h18-20,26-28H,6-17,21-25H2,1-5H3,(H,36,41)(H,37,42)(H,38,43)(H,39,40,44)/t26-,27+,28-/m0/s1. The Morgan fingerprint density at radius 3 is 1.77 bits per heavy atom. The molecule has 0 aliphatic heterocycles. The van der Waals surface area contributed by atoms with Gasteiger partial charge in [-0.3, -0.25) is 19.2 Å². The van der Waals surface area contributed by atoms with Crippen molar-refractivity contribution in [1.29, 1.82) is 0 Å². The summed E-state index contributed by atoms with van der Waals surface area (Å²) in [5, 5.41) is 10.3. The minimum atomic E-state index is -0.981. The van der Waals surface area contributed by atoms with Crippen LogP contribution in [0.25, 0.3) is 0 Å². The molecule has 272 valence electrons. The normalized spacial score (nSPS) is 12.8. The van der Waals surface area contributed by atoms with Crippen LogP contribution in [0.2, 0.25) is 0 Å². The molecule has 0 radical (unpaired) electrons. The Kier molecular flexibility index (Phi) is 23.3. The van der Waals surface area contributed by atoms with Crippen molar-refractivity contribution in [3.8, 4) is 0 Å². The Balaban J connectivity index is 2.33. The van der Waals surface area contributed by atoms with Gasteiger partial charge in [-0.05, 0) is 46.2 Å². The molecule has 3 atom stereocenters. The quantitative estimate of drug-likeness (QED) is 0.0775. The predicted octanol–water partition coefficient (Wildman–Crippen LogP) is 4.45. The number of aromatic nitrogens is 1. The second kappa shape index (κ2) is 26.4. The third kappa shape index (κ3) is 19.9. The summed E-state index contributed by atoms with van der Waals surface area (Å²) in [7, 11) is 0. The predicted molar refractivity (Wildman–Crippen MR) is 184 cm³/mol. The molecule has 1 aromatic rings. The van der Waals surface area contributed by atoms with Crippen molar-refractivity contribution in [2.24, 2.45) is 0 Å². The van der Waals surface area contributed by atoms with Gasteiger partial charge in [0.05, 0.1) is 19.8 Å². The maximum Gasteiger partial charge on any atom is 0.357 e. The second-order valence-corrected chi connectivity index (χ2v) is 11.9. The van der Waals surface area contributed by atoms with E-state index in [1.165, 1.54) is 83.4 Å². The fourth-order valence-corrected chi connectivity index (χ4v) is 4.62. The van der Waals surface area contributed by atoms with E-state index in [1.807, 2.05) is 6.92 Å². The topological polar surface area (TPSA) is 174 Å². The lowest BCUT2D eigenvalue weighted by atomic mass is 10.1. The third-order valence-electron chi connectivity index (χ3n) is 7.53. The monoisotopic (exact) mass is 677 g/mol. The van der Waals surface area contributed by atoms with Gasteiger partial charge in [-0.2, -0.15) is 0 Å². The molecule has 4 amide bonds. The summed E-state index contributed by atoms with van der Waals surface area (Å²) in [6.45, 7) is 10.3. The second-order valence-electron chi connectivity index (χ2n) is 11.9. The maximum atomic E-state index is 12.7. The fraction of sp³-hybridized carbons (Fsp3) is 0.714. The first-order chi connectivity index (χ1) is 23.1.